The Balaban J connectivity index is 1.93. The maximum atomic E-state index is 13.8. The molecule has 1 aliphatic rings. The molecule has 3 rings (SSSR count). The predicted molar refractivity (Wildman–Crippen MR) is 104 cm³/mol. The molecule has 0 aromatic heterocycles. The zero-order chi connectivity index (χ0) is 22.1. The van der Waals surface area contributed by atoms with Gasteiger partial charge in [-0.2, -0.15) is 13.2 Å². The average molecular weight is 463 g/mol. The summed E-state index contributed by atoms with van der Waals surface area (Å²) in [5, 5.41) is 2.19. The third kappa shape index (κ3) is 5.05. The van der Waals surface area contributed by atoms with Gasteiger partial charge in [-0.15, -0.1) is 0 Å². The zero-order valence-corrected chi connectivity index (χ0v) is 16.9. The summed E-state index contributed by atoms with van der Waals surface area (Å²) in [6.07, 6.45) is -3.62. The molecule has 2 aromatic carbocycles. The van der Waals surface area contributed by atoms with Crippen molar-refractivity contribution in [1.29, 1.82) is 0 Å². The molecule has 0 saturated carbocycles. The Kier molecular flexibility index (Phi) is 6.57. The van der Waals surface area contributed by atoms with Gasteiger partial charge in [0.05, 0.1) is 27.2 Å². The third-order valence-corrected chi connectivity index (χ3v) is 5.35. The summed E-state index contributed by atoms with van der Waals surface area (Å²) < 4.78 is 53.2. The Morgan fingerprint density at radius 2 is 1.90 bits per heavy atom. The SMILES string of the molecule is O=C(NC(CN1CCCC1=O)c1cccc(C(F)(F)F)c1)c1cc(F)c(Cl)cc1Cl. The van der Waals surface area contributed by atoms with Crippen LogP contribution in [-0.4, -0.2) is 29.8 Å². The average Bonchev–Trinajstić information content (AvgIpc) is 3.08. The van der Waals surface area contributed by atoms with E-state index in [1.54, 1.807) is 0 Å². The molecule has 0 bridgehead atoms. The van der Waals surface area contributed by atoms with Crippen LogP contribution in [0.4, 0.5) is 17.6 Å². The fourth-order valence-electron chi connectivity index (χ4n) is 3.22. The molecular weight excluding hydrogens is 447 g/mol. The van der Waals surface area contributed by atoms with Crippen molar-refractivity contribution in [2.75, 3.05) is 13.1 Å². The van der Waals surface area contributed by atoms with E-state index >= 15 is 0 Å². The number of benzene rings is 2. The molecule has 1 saturated heterocycles. The van der Waals surface area contributed by atoms with E-state index in [1.807, 2.05) is 0 Å². The molecule has 30 heavy (non-hydrogen) atoms. The van der Waals surface area contributed by atoms with E-state index in [2.05, 4.69) is 5.32 Å². The predicted octanol–water partition coefficient (Wildman–Crippen LogP) is 5.24. The number of rotatable bonds is 5. The third-order valence-electron chi connectivity index (χ3n) is 4.75. The smallest absolute Gasteiger partial charge is 0.343 e. The Bertz CT molecular complexity index is 982. The second kappa shape index (κ2) is 8.81. The number of alkyl halides is 3. The minimum atomic E-state index is -4.57. The molecule has 1 fully saturated rings. The highest BCUT2D eigenvalue weighted by Crippen LogP contribution is 2.32. The van der Waals surface area contributed by atoms with E-state index in [0.717, 1.165) is 24.3 Å². The van der Waals surface area contributed by atoms with Crippen molar-refractivity contribution >= 4 is 35.0 Å². The van der Waals surface area contributed by atoms with Crippen molar-refractivity contribution in [1.82, 2.24) is 10.2 Å². The normalized spacial score (nSPS) is 15.4. The van der Waals surface area contributed by atoms with Crippen LogP contribution in [0.1, 0.15) is 40.4 Å². The fourth-order valence-corrected chi connectivity index (χ4v) is 3.69. The Labute approximate surface area is 179 Å². The van der Waals surface area contributed by atoms with Gasteiger partial charge in [0.15, 0.2) is 0 Å². The number of nitrogens with one attached hydrogen (secondary N) is 1. The first-order valence-corrected chi connectivity index (χ1v) is 9.72. The van der Waals surface area contributed by atoms with E-state index in [0.29, 0.717) is 19.4 Å². The van der Waals surface area contributed by atoms with Gasteiger partial charge >= 0.3 is 6.18 Å². The van der Waals surface area contributed by atoms with Crippen LogP contribution >= 0.6 is 23.2 Å². The van der Waals surface area contributed by atoms with Gasteiger partial charge in [0.1, 0.15) is 5.82 Å². The molecule has 2 aromatic rings. The van der Waals surface area contributed by atoms with Crippen molar-refractivity contribution in [3.05, 3.63) is 69.0 Å². The molecule has 160 valence electrons. The van der Waals surface area contributed by atoms with E-state index in [4.69, 9.17) is 23.2 Å². The van der Waals surface area contributed by atoms with Crippen molar-refractivity contribution in [2.45, 2.75) is 25.1 Å². The summed E-state index contributed by atoms with van der Waals surface area (Å²) in [5.74, 6) is -1.82. The molecule has 1 N–H and O–H groups in total. The van der Waals surface area contributed by atoms with E-state index in [-0.39, 0.29) is 33.6 Å². The molecule has 0 aliphatic carbocycles. The molecule has 10 heteroatoms. The van der Waals surface area contributed by atoms with E-state index < -0.39 is 29.5 Å². The first-order valence-electron chi connectivity index (χ1n) is 8.96. The molecule has 1 heterocycles. The minimum Gasteiger partial charge on any atom is -0.343 e. The van der Waals surface area contributed by atoms with Gasteiger partial charge in [0.25, 0.3) is 5.91 Å². The summed E-state index contributed by atoms with van der Waals surface area (Å²) in [6, 6.07) is 5.42. The van der Waals surface area contributed by atoms with Gasteiger partial charge < -0.3 is 10.2 Å². The fraction of sp³-hybridized carbons (Fsp3) is 0.300. The van der Waals surface area contributed by atoms with Crippen LogP contribution in [0.25, 0.3) is 0 Å². The number of amides is 2. The van der Waals surface area contributed by atoms with Crippen LogP contribution < -0.4 is 5.32 Å². The van der Waals surface area contributed by atoms with Gasteiger partial charge in [0.2, 0.25) is 5.91 Å². The summed E-state index contributed by atoms with van der Waals surface area (Å²) >= 11 is 11.6. The van der Waals surface area contributed by atoms with Gasteiger partial charge in [0, 0.05) is 19.5 Å². The second-order valence-electron chi connectivity index (χ2n) is 6.84. The Hall–Kier alpha value is -2.32. The maximum absolute atomic E-state index is 13.8. The molecular formula is C20H16Cl2F4N2O2. The first kappa shape index (κ1) is 22.4. The summed E-state index contributed by atoms with van der Waals surface area (Å²) in [5.41, 5.74) is -0.950. The number of carbonyl (C=O) groups is 2. The van der Waals surface area contributed by atoms with Crippen LogP contribution in [0.5, 0.6) is 0 Å². The Morgan fingerprint density at radius 3 is 2.53 bits per heavy atom. The van der Waals surface area contributed by atoms with Crippen molar-refractivity contribution in [2.24, 2.45) is 0 Å². The van der Waals surface area contributed by atoms with Crippen LogP contribution in [0.2, 0.25) is 10.0 Å². The number of nitrogens with zero attached hydrogens (tertiary/aromatic N) is 1. The molecule has 0 spiro atoms. The van der Waals surface area contributed by atoms with Gasteiger partial charge in [-0.25, -0.2) is 4.39 Å². The van der Waals surface area contributed by atoms with Crippen LogP contribution in [0, 0.1) is 5.82 Å². The lowest BCUT2D eigenvalue weighted by molar-refractivity contribution is -0.137. The molecule has 1 unspecified atom stereocenters. The van der Waals surface area contributed by atoms with Crippen LogP contribution in [-0.2, 0) is 11.0 Å². The van der Waals surface area contributed by atoms with E-state index in [1.165, 1.54) is 17.0 Å². The lowest BCUT2D eigenvalue weighted by Crippen LogP contribution is -2.38. The highest BCUT2D eigenvalue weighted by Gasteiger charge is 2.32. The van der Waals surface area contributed by atoms with Crippen LogP contribution in [0.15, 0.2) is 36.4 Å². The highest BCUT2D eigenvalue weighted by atomic mass is 35.5. The Morgan fingerprint density at radius 1 is 1.17 bits per heavy atom. The number of hydrogen-bond donors (Lipinski definition) is 1. The minimum absolute atomic E-state index is 0.0282. The monoisotopic (exact) mass is 462 g/mol. The van der Waals surface area contributed by atoms with Crippen molar-refractivity contribution in [3.8, 4) is 0 Å². The second-order valence-corrected chi connectivity index (χ2v) is 7.65. The first-order chi connectivity index (χ1) is 14.1. The standard InChI is InChI=1S/C20H16Cl2F4N2O2/c21-14-9-15(22)16(23)8-13(14)19(30)27-17(10-28-6-2-5-18(28)29)11-3-1-4-12(7-11)20(24,25)26/h1,3-4,7-9,17H,2,5-6,10H2,(H,27,30). The lowest BCUT2D eigenvalue weighted by Gasteiger charge is -2.26. The summed E-state index contributed by atoms with van der Waals surface area (Å²) in [4.78, 5) is 26.2. The zero-order valence-electron chi connectivity index (χ0n) is 15.4. The van der Waals surface area contributed by atoms with Crippen molar-refractivity contribution < 1.29 is 27.2 Å². The largest absolute Gasteiger partial charge is 0.416 e. The molecule has 2 amide bonds. The summed E-state index contributed by atoms with van der Waals surface area (Å²) in [7, 11) is 0. The molecule has 1 aliphatic heterocycles. The number of likely N-dealkylation sites (tertiary alicyclic amines) is 1. The van der Waals surface area contributed by atoms with Gasteiger partial charge in [-0.1, -0.05) is 35.3 Å². The maximum Gasteiger partial charge on any atom is 0.416 e. The summed E-state index contributed by atoms with van der Waals surface area (Å²) in [6.45, 7) is 0.403. The topological polar surface area (TPSA) is 49.4 Å². The molecule has 0 radical (unpaired) electrons. The number of carbonyl (C=O) groups excluding carboxylic acids is 2. The number of hydrogen-bond acceptors (Lipinski definition) is 2. The highest BCUT2D eigenvalue weighted by molar-refractivity contribution is 6.36. The number of halogens is 6. The van der Waals surface area contributed by atoms with Crippen LogP contribution in [0.3, 0.4) is 0 Å². The lowest BCUT2D eigenvalue weighted by atomic mass is 10.0. The molecule has 1 atom stereocenters. The van der Waals surface area contributed by atoms with Gasteiger partial charge in [-0.3, -0.25) is 9.59 Å². The van der Waals surface area contributed by atoms with E-state index in [9.17, 15) is 27.2 Å². The van der Waals surface area contributed by atoms with Gasteiger partial charge in [-0.05, 0) is 36.2 Å². The quantitative estimate of drug-likeness (QED) is 0.487. The van der Waals surface area contributed by atoms with Crippen molar-refractivity contribution in [3.63, 3.8) is 0 Å². The molecule has 4 nitrogen and oxygen atoms in total.